The van der Waals surface area contributed by atoms with Crippen molar-refractivity contribution in [1.29, 1.82) is 5.41 Å². The Morgan fingerprint density at radius 1 is 1.27 bits per heavy atom. The van der Waals surface area contributed by atoms with E-state index >= 15 is 0 Å². The molecule has 0 aromatic rings. The fourth-order valence-electron chi connectivity index (χ4n) is 0.969. The van der Waals surface area contributed by atoms with Crippen molar-refractivity contribution in [2.75, 3.05) is 0 Å². The number of nitrogens with zero attached hydrogens (tertiary/aromatic N) is 1. The lowest BCUT2D eigenvalue weighted by atomic mass is 10.1. The van der Waals surface area contributed by atoms with Gasteiger partial charge in [0.1, 0.15) is 0 Å². The van der Waals surface area contributed by atoms with Crippen molar-refractivity contribution in [3.05, 3.63) is 48.2 Å². The highest BCUT2D eigenvalue weighted by molar-refractivity contribution is 6.21. The van der Waals surface area contributed by atoms with Gasteiger partial charge in [-0.05, 0) is 26.8 Å². The quantitative estimate of drug-likeness (QED) is 0.521. The molecule has 0 aliphatic rings. The van der Waals surface area contributed by atoms with Gasteiger partial charge in [-0.15, -0.1) is 0 Å². The third-order valence-electron chi connectivity index (χ3n) is 1.56. The second kappa shape index (κ2) is 7.68. The van der Waals surface area contributed by atoms with E-state index in [0.717, 1.165) is 17.0 Å². The van der Waals surface area contributed by atoms with Crippen LogP contribution in [0.1, 0.15) is 20.8 Å². The van der Waals surface area contributed by atoms with Crippen molar-refractivity contribution in [3.8, 4) is 0 Å². The standard InChI is InChI=1S/C13H18N2/c1-5-7-9-12(10-14)13(8-6-2)15-11(3)4/h5-10,14H,3H2,1-2,4H3/b7-5-,8-6-,12-9+,14-10?,15-13+. The minimum atomic E-state index is 0.733. The van der Waals surface area contributed by atoms with Crippen LogP contribution in [0.15, 0.2) is 53.2 Å². The lowest BCUT2D eigenvalue weighted by molar-refractivity contribution is 1.33. The molecular formula is C13H18N2. The lowest BCUT2D eigenvalue weighted by Gasteiger charge is -2.00. The highest BCUT2D eigenvalue weighted by atomic mass is 14.7. The second-order valence-electron chi connectivity index (χ2n) is 3.02. The molecule has 2 nitrogen and oxygen atoms in total. The first-order chi connectivity index (χ1) is 7.15. The second-order valence-corrected chi connectivity index (χ2v) is 3.02. The predicted octanol–water partition coefficient (Wildman–Crippen LogP) is 3.69. The molecule has 0 amide bonds. The minimum absolute atomic E-state index is 0.733. The summed E-state index contributed by atoms with van der Waals surface area (Å²) < 4.78 is 0. The van der Waals surface area contributed by atoms with Gasteiger partial charge in [-0.3, -0.25) is 4.99 Å². The zero-order valence-corrected chi connectivity index (χ0v) is 9.62. The Balaban J connectivity index is 5.21. The van der Waals surface area contributed by atoms with Crippen LogP contribution < -0.4 is 0 Å². The molecule has 15 heavy (non-hydrogen) atoms. The zero-order valence-electron chi connectivity index (χ0n) is 9.62. The van der Waals surface area contributed by atoms with E-state index < -0.39 is 0 Å². The Labute approximate surface area is 91.9 Å². The Kier molecular flexibility index (Phi) is 6.81. The zero-order chi connectivity index (χ0) is 11.7. The van der Waals surface area contributed by atoms with Gasteiger partial charge < -0.3 is 5.41 Å². The average molecular weight is 202 g/mol. The molecular weight excluding hydrogens is 184 g/mol. The van der Waals surface area contributed by atoms with Crippen molar-refractivity contribution in [3.63, 3.8) is 0 Å². The van der Waals surface area contributed by atoms with E-state index in [0.29, 0.717) is 0 Å². The highest BCUT2D eigenvalue weighted by Gasteiger charge is 1.99. The molecule has 0 rings (SSSR count). The van der Waals surface area contributed by atoms with E-state index in [1.807, 2.05) is 51.2 Å². The summed E-state index contributed by atoms with van der Waals surface area (Å²) in [6, 6.07) is 0. The van der Waals surface area contributed by atoms with Crippen LogP contribution >= 0.6 is 0 Å². The van der Waals surface area contributed by atoms with Gasteiger partial charge in [-0.1, -0.05) is 30.9 Å². The molecule has 0 saturated heterocycles. The number of hydrogen-bond donors (Lipinski definition) is 1. The largest absolute Gasteiger partial charge is 0.308 e. The summed E-state index contributed by atoms with van der Waals surface area (Å²) in [5.74, 6) is 0. The van der Waals surface area contributed by atoms with E-state index in [-0.39, 0.29) is 0 Å². The Bertz CT molecular complexity index is 342. The van der Waals surface area contributed by atoms with Gasteiger partial charge in [0.15, 0.2) is 0 Å². The molecule has 1 N–H and O–H groups in total. The van der Waals surface area contributed by atoms with Crippen molar-refractivity contribution < 1.29 is 0 Å². The van der Waals surface area contributed by atoms with Gasteiger partial charge >= 0.3 is 0 Å². The molecule has 80 valence electrons. The topological polar surface area (TPSA) is 36.2 Å². The molecule has 0 atom stereocenters. The Morgan fingerprint density at radius 3 is 2.33 bits per heavy atom. The van der Waals surface area contributed by atoms with Gasteiger partial charge in [0.2, 0.25) is 0 Å². The number of allylic oxidation sites excluding steroid dienone is 7. The maximum atomic E-state index is 7.32. The fourth-order valence-corrected chi connectivity index (χ4v) is 0.969. The SMILES string of the molecule is C=C(C)/N=C(\C=C/C)C(/C=N)=C/C=C\C. The summed E-state index contributed by atoms with van der Waals surface area (Å²) in [6.07, 6.45) is 10.7. The summed E-state index contributed by atoms with van der Waals surface area (Å²) >= 11 is 0. The molecule has 0 heterocycles. The highest BCUT2D eigenvalue weighted by Crippen LogP contribution is 2.02. The molecule has 0 aromatic carbocycles. The number of aliphatic imine (C=N–C) groups is 1. The van der Waals surface area contributed by atoms with E-state index in [2.05, 4.69) is 11.6 Å². The van der Waals surface area contributed by atoms with E-state index in [1.165, 1.54) is 6.21 Å². The molecule has 0 spiro atoms. The maximum absolute atomic E-state index is 7.32. The van der Waals surface area contributed by atoms with E-state index in [4.69, 9.17) is 5.41 Å². The van der Waals surface area contributed by atoms with Crippen molar-refractivity contribution in [2.45, 2.75) is 20.8 Å². The summed E-state index contributed by atoms with van der Waals surface area (Å²) in [5, 5.41) is 7.32. The normalized spacial score (nSPS) is 13.8. The molecule has 0 saturated carbocycles. The summed E-state index contributed by atoms with van der Waals surface area (Å²) in [5.41, 5.74) is 2.27. The average Bonchev–Trinajstić information content (AvgIpc) is 2.18. The first-order valence-corrected chi connectivity index (χ1v) is 4.86. The van der Waals surface area contributed by atoms with Crippen molar-refractivity contribution >= 4 is 11.9 Å². The van der Waals surface area contributed by atoms with Crippen LogP contribution in [0.4, 0.5) is 0 Å². The van der Waals surface area contributed by atoms with Gasteiger partial charge in [-0.25, -0.2) is 0 Å². The predicted molar refractivity (Wildman–Crippen MR) is 68.7 cm³/mol. The maximum Gasteiger partial charge on any atom is 0.0716 e. The third-order valence-corrected chi connectivity index (χ3v) is 1.56. The lowest BCUT2D eigenvalue weighted by Crippen LogP contribution is -2.00. The monoisotopic (exact) mass is 202 g/mol. The van der Waals surface area contributed by atoms with Gasteiger partial charge in [0.05, 0.1) is 5.71 Å². The molecule has 0 bridgehead atoms. The van der Waals surface area contributed by atoms with Crippen LogP contribution in [-0.2, 0) is 0 Å². The third kappa shape index (κ3) is 5.57. The molecule has 0 aliphatic carbocycles. The molecule has 0 aromatic heterocycles. The van der Waals surface area contributed by atoms with Crippen LogP contribution in [0.3, 0.4) is 0 Å². The minimum Gasteiger partial charge on any atom is -0.308 e. The summed E-state index contributed by atoms with van der Waals surface area (Å²) in [4.78, 5) is 4.27. The molecule has 0 radical (unpaired) electrons. The van der Waals surface area contributed by atoms with Crippen molar-refractivity contribution in [1.82, 2.24) is 0 Å². The van der Waals surface area contributed by atoms with E-state index in [1.54, 1.807) is 0 Å². The Morgan fingerprint density at radius 2 is 1.93 bits per heavy atom. The Hall–Kier alpha value is -1.70. The number of rotatable bonds is 5. The number of hydrogen-bond acceptors (Lipinski definition) is 2. The van der Waals surface area contributed by atoms with Gasteiger partial charge in [-0.2, -0.15) is 0 Å². The van der Waals surface area contributed by atoms with Crippen LogP contribution in [0.25, 0.3) is 0 Å². The fraction of sp³-hybridized carbons (Fsp3) is 0.231. The number of nitrogens with one attached hydrogen (secondary N) is 1. The summed E-state index contributed by atoms with van der Waals surface area (Å²) in [7, 11) is 0. The molecule has 2 heteroatoms. The van der Waals surface area contributed by atoms with Crippen LogP contribution in [-0.4, -0.2) is 11.9 Å². The molecule has 0 fully saturated rings. The summed E-state index contributed by atoms with van der Waals surface area (Å²) in [6.45, 7) is 9.42. The molecule has 0 aliphatic heterocycles. The first kappa shape index (κ1) is 13.3. The first-order valence-electron chi connectivity index (χ1n) is 4.86. The van der Waals surface area contributed by atoms with Crippen LogP contribution in [0.5, 0.6) is 0 Å². The van der Waals surface area contributed by atoms with E-state index in [9.17, 15) is 0 Å². The smallest absolute Gasteiger partial charge is 0.0716 e. The van der Waals surface area contributed by atoms with Crippen LogP contribution in [0.2, 0.25) is 0 Å². The molecule has 0 unspecified atom stereocenters. The van der Waals surface area contributed by atoms with Crippen molar-refractivity contribution in [2.24, 2.45) is 4.99 Å². The van der Waals surface area contributed by atoms with Gasteiger partial charge in [0, 0.05) is 17.5 Å². The van der Waals surface area contributed by atoms with Crippen LogP contribution in [0, 0.1) is 5.41 Å². The van der Waals surface area contributed by atoms with Gasteiger partial charge in [0.25, 0.3) is 0 Å².